The largest absolute Gasteiger partial charge is 0.368 e. The summed E-state index contributed by atoms with van der Waals surface area (Å²) in [6.07, 6.45) is 1.15. The summed E-state index contributed by atoms with van der Waals surface area (Å²) in [5.74, 6) is 1.27. The first-order chi connectivity index (χ1) is 6.59. The summed E-state index contributed by atoms with van der Waals surface area (Å²) in [6, 6.07) is 0.475. The summed E-state index contributed by atoms with van der Waals surface area (Å²) in [6.45, 7) is 4.44. The van der Waals surface area contributed by atoms with Crippen LogP contribution in [0.3, 0.4) is 0 Å². The van der Waals surface area contributed by atoms with E-state index in [0.717, 1.165) is 17.3 Å². The molecule has 1 atom stereocenters. The Morgan fingerprint density at radius 1 is 1.79 bits per heavy atom. The van der Waals surface area contributed by atoms with Gasteiger partial charge in [-0.25, -0.2) is 0 Å². The maximum absolute atomic E-state index is 10.5. The minimum absolute atomic E-state index is 0.0835. The minimum atomic E-state index is -0.383. The van der Waals surface area contributed by atoms with Crippen LogP contribution in [0.1, 0.15) is 20.3 Å². The number of aliphatic imine (C=N–C) groups is 1. The molecule has 4 nitrogen and oxygen atoms in total. The molecule has 1 saturated heterocycles. The molecule has 14 heavy (non-hydrogen) atoms. The van der Waals surface area contributed by atoms with Gasteiger partial charge in [-0.1, -0.05) is 25.6 Å². The number of amides is 1. The van der Waals surface area contributed by atoms with Crippen LogP contribution in [0.15, 0.2) is 4.99 Å². The van der Waals surface area contributed by atoms with Gasteiger partial charge in [-0.15, -0.1) is 0 Å². The molecule has 1 aliphatic heterocycles. The lowest BCUT2D eigenvalue weighted by molar-refractivity contribution is -0.116. The van der Waals surface area contributed by atoms with E-state index in [4.69, 9.17) is 5.73 Å². The molecule has 1 heterocycles. The van der Waals surface area contributed by atoms with Gasteiger partial charge in [0, 0.05) is 11.8 Å². The van der Waals surface area contributed by atoms with Crippen LogP contribution in [0.4, 0.5) is 0 Å². The number of carbonyl (C=O) groups is 1. The number of hydrogen-bond donors (Lipinski definition) is 2. The average molecular weight is 215 g/mol. The number of nitrogens with one attached hydrogen (secondary N) is 1. The van der Waals surface area contributed by atoms with Gasteiger partial charge >= 0.3 is 0 Å². The normalized spacial score (nSPS) is 25.1. The summed E-state index contributed by atoms with van der Waals surface area (Å²) in [4.78, 5) is 14.6. The van der Waals surface area contributed by atoms with Gasteiger partial charge < -0.3 is 11.1 Å². The molecule has 0 bridgehead atoms. The van der Waals surface area contributed by atoms with Crippen molar-refractivity contribution < 1.29 is 4.79 Å². The number of amidine groups is 1. The number of thioether (sulfide) groups is 1. The third-order valence-electron chi connectivity index (χ3n) is 2.16. The number of nitrogens with zero attached hydrogens (tertiary/aromatic N) is 1. The molecule has 0 aromatic carbocycles. The number of carbonyl (C=O) groups excluding carboxylic acids is 1. The van der Waals surface area contributed by atoms with Gasteiger partial charge in [-0.2, -0.15) is 0 Å². The Labute approximate surface area is 88.7 Å². The predicted octanol–water partition coefficient (Wildman–Crippen LogP) is 0.579. The molecular formula is C9H17N3OS. The highest BCUT2D eigenvalue weighted by molar-refractivity contribution is 8.13. The Bertz CT molecular complexity index is 240. The standard InChI is InChI=1S/C9H17N3OS/c1-6(2)7-3-4-14-9(12-7)11-5-8(10)13/h6-7H,3-5H2,1-2H3,(H2,10,13)(H,11,12). The number of nitrogens with two attached hydrogens (primary N) is 1. The van der Waals surface area contributed by atoms with E-state index in [1.165, 1.54) is 0 Å². The second-order valence-electron chi connectivity index (χ2n) is 3.72. The van der Waals surface area contributed by atoms with Crippen molar-refractivity contribution in [3.63, 3.8) is 0 Å². The fourth-order valence-electron chi connectivity index (χ4n) is 1.30. The first kappa shape index (κ1) is 11.4. The lowest BCUT2D eigenvalue weighted by Crippen LogP contribution is -2.41. The highest BCUT2D eigenvalue weighted by Gasteiger charge is 2.19. The quantitative estimate of drug-likeness (QED) is 0.723. The lowest BCUT2D eigenvalue weighted by Gasteiger charge is -2.28. The smallest absolute Gasteiger partial charge is 0.239 e. The summed E-state index contributed by atoms with van der Waals surface area (Å²) in [5, 5.41) is 4.17. The predicted molar refractivity (Wildman–Crippen MR) is 60.3 cm³/mol. The van der Waals surface area contributed by atoms with E-state index in [9.17, 15) is 4.79 Å². The minimum Gasteiger partial charge on any atom is -0.368 e. The summed E-state index contributed by atoms with van der Waals surface area (Å²) in [7, 11) is 0. The zero-order chi connectivity index (χ0) is 10.6. The lowest BCUT2D eigenvalue weighted by atomic mass is 10.0. The maximum Gasteiger partial charge on any atom is 0.239 e. The molecule has 0 saturated carbocycles. The van der Waals surface area contributed by atoms with Crippen molar-refractivity contribution in [2.75, 3.05) is 12.3 Å². The molecule has 1 rings (SSSR count). The monoisotopic (exact) mass is 215 g/mol. The van der Waals surface area contributed by atoms with Gasteiger partial charge in [0.1, 0.15) is 6.54 Å². The van der Waals surface area contributed by atoms with Gasteiger partial charge in [0.15, 0.2) is 5.17 Å². The van der Waals surface area contributed by atoms with E-state index >= 15 is 0 Å². The Kier molecular flexibility index (Phi) is 4.25. The zero-order valence-electron chi connectivity index (χ0n) is 8.62. The van der Waals surface area contributed by atoms with Crippen LogP contribution in [0.2, 0.25) is 0 Å². The molecule has 80 valence electrons. The molecule has 0 radical (unpaired) electrons. The molecule has 0 aromatic rings. The van der Waals surface area contributed by atoms with E-state index in [1.54, 1.807) is 11.8 Å². The van der Waals surface area contributed by atoms with Crippen LogP contribution in [-0.4, -0.2) is 29.4 Å². The molecule has 1 aliphatic rings. The van der Waals surface area contributed by atoms with Crippen molar-refractivity contribution >= 4 is 22.8 Å². The average Bonchev–Trinajstić information content (AvgIpc) is 2.15. The van der Waals surface area contributed by atoms with Crippen molar-refractivity contribution in [2.24, 2.45) is 16.6 Å². The fraction of sp³-hybridized carbons (Fsp3) is 0.778. The molecule has 5 heteroatoms. The van der Waals surface area contributed by atoms with E-state index in [1.807, 2.05) is 0 Å². The molecule has 1 unspecified atom stereocenters. The molecule has 3 N–H and O–H groups in total. The Balaban J connectivity index is 2.47. The van der Waals surface area contributed by atoms with Crippen molar-refractivity contribution in [1.29, 1.82) is 0 Å². The zero-order valence-corrected chi connectivity index (χ0v) is 9.43. The maximum atomic E-state index is 10.5. The fourth-order valence-corrected chi connectivity index (χ4v) is 2.25. The van der Waals surface area contributed by atoms with Crippen molar-refractivity contribution in [3.8, 4) is 0 Å². The van der Waals surface area contributed by atoms with Crippen molar-refractivity contribution in [3.05, 3.63) is 0 Å². The third-order valence-corrected chi connectivity index (χ3v) is 3.12. The molecular weight excluding hydrogens is 198 g/mol. The summed E-state index contributed by atoms with van der Waals surface area (Å²) in [5.41, 5.74) is 5.02. The van der Waals surface area contributed by atoms with Crippen molar-refractivity contribution in [1.82, 2.24) is 5.32 Å². The molecule has 0 spiro atoms. The number of hydrogen-bond acceptors (Lipinski definition) is 3. The van der Waals surface area contributed by atoms with Crippen LogP contribution < -0.4 is 11.1 Å². The second kappa shape index (κ2) is 5.24. The molecule has 0 aliphatic carbocycles. The van der Waals surface area contributed by atoms with Crippen LogP contribution in [0, 0.1) is 5.92 Å². The third kappa shape index (κ3) is 3.57. The van der Waals surface area contributed by atoms with Gasteiger partial charge in [0.05, 0.1) is 0 Å². The first-order valence-electron chi connectivity index (χ1n) is 4.81. The Morgan fingerprint density at radius 2 is 2.50 bits per heavy atom. The van der Waals surface area contributed by atoms with E-state index < -0.39 is 0 Å². The van der Waals surface area contributed by atoms with Gasteiger partial charge in [0.25, 0.3) is 0 Å². The van der Waals surface area contributed by atoms with E-state index in [-0.39, 0.29) is 12.5 Å². The van der Waals surface area contributed by atoms with Crippen LogP contribution in [0.25, 0.3) is 0 Å². The number of primary amides is 1. The summed E-state index contributed by atoms with van der Waals surface area (Å²) >= 11 is 1.66. The Hall–Kier alpha value is -0.710. The van der Waals surface area contributed by atoms with Gasteiger partial charge in [-0.3, -0.25) is 9.79 Å². The highest BCUT2D eigenvalue weighted by atomic mass is 32.2. The van der Waals surface area contributed by atoms with E-state index in [2.05, 4.69) is 24.2 Å². The first-order valence-corrected chi connectivity index (χ1v) is 5.80. The van der Waals surface area contributed by atoms with Gasteiger partial charge in [-0.05, 0) is 12.3 Å². The van der Waals surface area contributed by atoms with Crippen LogP contribution >= 0.6 is 11.8 Å². The van der Waals surface area contributed by atoms with Crippen molar-refractivity contribution in [2.45, 2.75) is 26.3 Å². The van der Waals surface area contributed by atoms with Crippen LogP contribution in [0.5, 0.6) is 0 Å². The van der Waals surface area contributed by atoms with Gasteiger partial charge in [0.2, 0.25) is 5.91 Å². The topological polar surface area (TPSA) is 67.5 Å². The molecule has 0 aromatic heterocycles. The molecule has 1 fully saturated rings. The number of rotatable bonds is 3. The van der Waals surface area contributed by atoms with Crippen LogP contribution in [-0.2, 0) is 4.79 Å². The second-order valence-corrected chi connectivity index (χ2v) is 4.80. The SMILES string of the molecule is CC(C)C1CCSC(=NCC(N)=O)N1. The molecule has 1 amide bonds. The summed E-state index contributed by atoms with van der Waals surface area (Å²) < 4.78 is 0. The highest BCUT2D eigenvalue weighted by Crippen LogP contribution is 2.18. The van der Waals surface area contributed by atoms with E-state index in [0.29, 0.717) is 12.0 Å². The Morgan fingerprint density at radius 3 is 3.07 bits per heavy atom.